The largest absolute Gasteiger partial charge is 0.481 e. The number of ether oxygens (including phenoxy) is 2. The van der Waals surface area contributed by atoms with Crippen LogP contribution in [0.5, 0.6) is 5.75 Å². The Labute approximate surface area is 192 Å². The van der Waals surface area contributed by atoms with Crippen LogP contribution in [-0.4, -0.2) is 32.6 Å². The third-order valence-electron chi connectivity index (χ3n) is 4.58. The maximum atomic E-state index is 12.7. The number of fused-ring (bicyclic) bond motifs is 1. The van der Waals surface area contributed by atoms with E-state index >= 15 is 0 Å². The summed E-state index contributed by atoms with van der Waals surface area (Å²) < 4.78 is 12.2. The number of benzene rings is 2. The minimum atomic E-state index is -0.789. The number of anilines is 1. The normalized spacial score (nSPS) is 11.7. The molecule has 1 atom stereocenters. The second kappa shape index (κ2) is 9.61. The molecule has 0 unspecified atom stereocenters. The topological polar surface area (TPSA) is 112 Å². The lowest BCUT2D eigenvalue weighted by Crippen LogP contribution is -2.30. The molecule has 0 spiro atoms. The first-order valence-corrected chi connectivity index (χ1v) is 10.9. The van der Waals surface area contributed by atoms with Gasteiger partial charge in [-0.15, -0.1) is 0 Å². The molecule has 2 heterocycles. The number of aryl methyl sites for hydroxylation is 1. The number of nitrogens with one attached hydrogen (secondary N) is 1. The van der Waals surface area contributed by atoms with Crippen molar-refractivity contribution < 1.29 is 19.1 Å². The van der Waals surface area contributed by atoms with Gasteiger partial charge in [0.1, 0.15) is 17.4 Å². The van der Waals surface area contributed by atoms with E-state index in [1.807, 2.05) is 18.2 Å². The lowest BCUT2D eigenvalue weighted by atomic mass is 10.1. The van der Waals surface area contributed by atoms with Gasteiger partial charge in [0.15, 0.2) is 6.10 Å². The maximum absolute atomic E-state index is 12.7. The number of rotatable bonds is 7. The van der Waals surface area contributed by atoms with Gasteiger partial charge in [-0.1, -0.05) is 41.7 Å². The summed E-state index contributed by atoms with van der Waals surface area (Å²) in [6, 6.07) is 16.7. The number of para-hydroxylation sites is 2. The fourth-order valence-corrected chi connectivity index (χ4v) is 3.77. The molecule has 0 saturated heterocycles. The molecule has 168 valence electrons. The minimum Gasteiger partial charge on any atom is -0.481 e. The number of carbonyl (C=O) groups excluding carboxylic acids is 2. The lowest BCUT2D eigenvalue weighted by molar-refractivity contribution is -0.122. The summed E-state index contributed by atoms with van der Waals surface area (Å²) in [5.41, 5.74) is 0.417. The maximum Gasteiger partial charge on any atom is 0.340 e. The summed E-state index contributed by atoms with van der Waals surface area (Å²) in [5.74, 6) is -0.519. The highest BCUT2D eigenvalue weighted by Gasteiger charge is 2.19. The first-order chi connectivity index (χ1) is 15.9. The summed E-state index contributed by atoms with van der Waals surface area (Å²) in [6.45, 7) is 3.19. The second-order valence-corrected chi connectivity index (χ2v) is 8.25. The molecular formula is C23H20N4O5S. The van der Waals surface area contributed by atoms with E-state index in [1.165, 1.54) is 21.9 Å². The van der Waals surface area contributed by atoms with E-state index in [2.05, 4.69) is 15.4 Å². The van der Waals surface area contributed by atoms with Crippen LogP contribution in [0, 0.1) is 6.92 Å². The molecule has 33 heavy (non-hydrogen) atoms. The standard InChI is InChI=1S/C23H20N4O5S/c1-14(32-17-8-4-3-5-9-17)21(29)25-19-11-7-6-10-18(19)22(30)31-13-16-12-20(28)27-23(24-16)33-15(2)26-27/h3-12,14H,13H2,1-2H3,(H,25,29)/t14-/m1/s1. The Morgan fingerprint density at radius 2 is 1.85 bits per heavy atom. The SMILES string of the molecule is Cc1nn2c(=O)cc(COC(=O)c3ccccc3NC(=O)[C@@H](C)Oc3ccccc3)nc2s1. The van der Waals surface area contributed by atoms with E-state index < -0.39 is 18.0 Å². The molecule has 0 aliphatic heterocycles. The molecule has 4 aromatic rings. The van der Waals surface area contributed by atoms with Crippen LogP contribution >= 0.6 is 11.3 Å². The molecule has 0 saturated carbocycles. The second-order valence-electron chi connectivity index (χ2n) is 7.09. The zero-order valence-corrected chi connectivity index (χ0v) is 18.7. The summed E-state index contributed by atoms with van der Waals surface area (Å²) in [4.78, 5) is 42.2. The summed E-state index contributed by atoms with van der Waals surface area (Å²) in [6.07, 6.45) is -0.789. The average Bonchev–Trinajstić information content (AvgIpc) is 3.19. The average molecular weight is 465 g/mol. The molecule has 0 aliphatic carbocycles. The van der Waals surface area contributed by atoms with Crippen molar-refractivity contribution in [1.82, 2.24) is 14.6 Å². The molecule has 10 heteroatoms. The van der Waals surface area contributed by atoms with Gasteiger partial charge in [-0.05, 0) is 38.1 Å². The Bertz CT molecular complexity index is 1370. The van der Waals surface area contributed by atoms with Crippen molar-refractivity contribution in [3.8, 4) is 5.75 Å². The third-order valence-corrected chi connectivity index (χ3v) is 5.40. The highest BCUT2D eigenvalue weighted by molar-refractivity contribution is 7.16. The lowest BCUT2D eigenvalue weighted by Gasteiger charge is -2.16. The molecular weight excluding hydrogens is 444 g/mol. The smallest absolute Gasteiger partial charge is 0.340 e. The van der Waals surface area contributed by atoms with Crippen molar-refractivity contribution >= 4 is 33.9 Å². The van der Waals surface area contributed by atoms with Crippen molar-refractivity contribution in [3.63, 3.8) is 0 Å². The zero-order chi connectivity index (χ0) is 23.4. The number of amides is 1. The van der Waals surface area contributed by atoms with Crippen LogP contribution in [0.3, 0.4) is 0 Å². The van der Waals surface area contributed by atoms with Gasteiger partial charge in [0.2, 0.25) is 4.96 Å². The Kier molecular flexibility index (Phi) is 6.45. The van der Waals surface area contributed by atoms with E-state index in [0.717, 1.165) is 0 Å². The minimum absolute atomic E-state index is 0.171. The number of hydrogen-bond acceptors (Lipinski definition) is 8. The summed E-state index contributed by atoms with van der Waals surface area (Å²) >= 11 is 1.26. The van der Waals surface area contributed by atoms with Crippen LogP contribution in [0.1, 0.15) is 28.0 Å². The van der Waals surface area contributed by atoms with Crippen molar-refractivity contribution in [2.45, 2.75) is 26.6 Å². The van der Waals surface area contributed by atoms with E-state index in [9.17, 15) is 14.4 Å². The number of aromatic nitrogens is 3. The van der Waals surface area contributed by atoms with Crippen LogP contribution in [0.15, 0.2) is 65.5 Å². The summed E-state index contributed by atoms with van der Waals surface area (Å²) in [5, 5.41) is 7.48. The van der Waals surface area contributed by atoms with Gasteiger partial charge in [-0.3, -0.25) is 9.59 Å². The van der Waals surface area contributed by atoms with Gasteiger partial charge < -0.3 is 14.8 Å². The Morgan fingerprint density at radius 1 is 1.12 bits per heavy atom. The monoisotopic (exact) mass is 464 g/mol. The summed E-state index contributed by atoms with van der Waals surface area (Å²) in [7, 11) is 0. The van der Waals surface area contributed by atoms with Crippen molar-refractivity contribution in [3.05, 3.63) is 87.3 Å². The molecule has 0 bridgehead atoms. The van der Waals surface area contributed by atoms with Gasteiger partial charge in [0.25, 0.3) is 11.5 Å². The van der Waals surface area contributed by atoms with Gasteiger partial charge in [-0.2, -0.15) is 9.61 Å². The fraction of sp³-hybridized carbons (Fsp3) is 0.174. The van der Waals surface area contributed by atoms with Crippen molar-refractivity contribution in [2.75, 3.05) is 5.32 Å². The molecule has 2 aromatic carbocycles. The van der Waals surface area contributed by atoms with Gasteiger partial charge >= 0.3 is 5.97 Å². The van der Waals surface area contributed by atoms with Gasteiger partial charge in [0, 0.05) is 6.07 Å². The molecule has 1 N–H and O–H groups in total. The van der Waals surface area contributed by atoms with Crippen LogP contribution in [0.4, 0.5) is 5.69 Å². The molecule has 0 aliphatic rings. The Balaban J connectivity index is 1.43. The van der Waals surface area contributed by atoms with Crippen LogP contribution in [0.25, 0.3) is 4.96 Å². The number of carbonyl (C=O) groups is 2. The van der Waals surface area contributed by atoms with Crippen LogP contribution in [0.2, 0.25) is 0 Å². The van der Waals surface area contributed by atoms with Crippen LogP contribution < -0.4 is 15.6 Å². The molecule has 0 fully saturated rings. The predicted molar refractivity (Wildman–Crippen MR) is 123 cm³/mol. The van der Waals surface area contributed by atoms with Crippen molar-refractivity contribution in [1.29, 1.82) is 0 Å². The predicted octanol–water partition coefficient (Wildman–Crippen LogP) is 3.22. The first kappa shape index (κ1) is 22.2. The number of nitrogens with zero attached hydrogens (tertiary/aromatic N) is 3. The van der Waals surface area contributed by atoms with Gasteiger partial charge in [0.05, 0.1) is 16.9 Å². The fourth-order valence-electron chi connectivity index (χ4n) is 3.00. The highest BCUT2D eigenvalue weighted by Crippen LogP contribution is 2.19. The van der Waals surface area contributed by atoms with E-state index in [4.69, 9.17) is 9.47 Å². The Hall–Kier alpha value is -4.05. The molecule has 0 radical (unpaired) electrons. The molecule has 2 aromatic heterocycles. The number of hydrogen-bond donors (Lipinski definition) is 1. The first-order valence-electron chi connectivity index (χ1n) is 10.1. The van der Waals surface area contributed by atoms with E-state index in [1.54, 1.807) is 50.2 Å². The third kappa shape index (κ3) is 5.24. The van der Waals surface area contributed by atoms with E-state index in [0.29, 0.717) is 21.4 Å². The molecule has 4 rings (SSSR count). The quantitative estimate of drug-likeness (QED) is 0.418. The highest BCUT2D eigenvalue weighted by atomic mass is 32.1. The number of esters is 1. The van der Waals surface area contributed by atoms with E-state index in [-0.39, 0.29) is 23.4 Å². The van der Waals surface area contributed by atoms with Crippen LogP contribution in [-0.2, 0) is 16.1 Å². The van der Waals surface area contributed by atoms with Crippen molar-refractivity contribution in [2.24, 2.45) is 0 Å². The zero-order valence-electron chi connectivity index (χ0n) is 17.8. The Morgan fingerprint density at radius 3 is 2.64 bits per heavy atom. The molecule has 1 amide bonds. The van der Waals surface area contributed by atoms with Gasteiger partial charge in [-0.25, -0.2) is 9.78 Å². The molecule has 9 nitrogen and oxygen atoms in total.